The molecule has 2 aromatic heterocycles. The molecule has 0 aliphatic carbocycles. The van der Waals surface area contributed by atoms with E-state index in [4.69, 9.17) is 4.74 Å². The molecule has 16 heavy (non-hydrogen) atoms. The van der Waals surface area contributed by atoms with Gasteiger partial charge in [0.25, 0.3) is 0 Å². The highest BCUT2D eigenvalue weighted by molar-refractivity contribution is 7.16. The van der Waals surface area contributed by atoms with Gasteiger partial charge in [0.2, 0.25) is 4.96 Å². The largest absolute Gasteiger partial charge is 0.466 e. The predicted octanol–water partition coefficient (Wildman–Crippen LogP) is 1.46. The van der Waals surface area contributed by atoms with Crippen LogP contribution in [0.3, 0.4) is 0 Å². The van der Waals surface area contributed by atoms with E-state index in [-0.39, 0.29) is 12.4 Å². The van der Waals surface area contributed by atoms with Gasteiger partial charge in [-0.1, -0.05) is 18.3 Å². The van der Waals surface area contributed by atoms with Crippen molar-refractivity contribution < 1.29 is 9.53 Å². The lowest BCUT2D eigenvalue weighted by Gasteiger charge is -1.97. The number of hydrogen-bond donors (Lipinski definition) is 0. The fourth-order valence-electron chi connectivity index (χ4n) is 1.37. The van der Waals surface area contributed by atoms with Gasteiger partial charge in [-0.15, -0.1) is 0 Å². The predicted molar refractivity (Wildman–Crippen MR) is 60.6 cm³/mol. The Morgan fingerprint density at radius 1 is 1.56 bits per heavy atom. The lowest BCUT2D eigenvalue weighted by atomic mass is 10.3. The Labute approximate surface area is 97.1 Å². The maximum absolute atomic E-state index is 11.2. The molecule has 0 fully saturated rings. The first-order valence-corrected chi connectivity index (χ1v) is 6.04. The number of aryl methyl sites for hydroxylation is 1. The molecule has 0 saturated carbocycles. The molecule has 0 N–H and O–H groups in total. The molecule has 0 aliphatic rings. The average molecular weight is 239 g/mol. The van der Waals surface area contributed by atoms with Crippen LogP contribution in [-0.2, 0) is 22.4 Å². The van der Waals surface area contributed by atoms with Crippen molar-refractivity contribution in [3.8, 4) is 0 Å². The zero-order valence-electron chi connectivity index (χ0n) is 9.27. The van der Waals surface area contributed by atoms with Gasteiger partial charge in [0, 0.05) is 0 Å². The Balaban J connectivity index is 2.14. The van der Waals surface area contributed by atoms with Gasteiger partial charge in [0.15, 0.2) is 0 Å². The minimum atomic E-state index is -0.246. The number of rotatable bonds is 4. The first-order chi connectivity index (χ1) is 7.72. The van der Waals surface area contributed by atoms with Crippen LogP contribution in [0.15, 0.2) is 6.20 Å². The number of aromatic nitrogens is 3. The molecule has 0 radical (unpaired) electrons. The van der Waals surface area contributed by atoms with Crippen molar-refractivity contribution in [3.05, 3.63) is 16.9 Å². The van der Waals surface area contributed by atoms with E-state index in [1.54, 1.807) is 29.0 Å². The first-order valence-electron chi connectivity index (χ1n) is 5.22. The van der Waals surface area contributed by atoms with Gasteiger partial charge in [-0.25, -0.2) is 9.50 Å². The molecule has 0 spiro atoms. The normalized spacial score (nSPS) is 10.9. The molecule has 0 aliphatic heterocycles. The molecule has 0 amide bonds. The van der Waals surface area contributed by atoms with E-state index in [9.17, 15) is 4.79 Å². The number of fused-ring (bicyclic) bond motifs is 1. The SMILES string of the molecule is CCOC(=O)Cc1cn2nc(CC)sc2n1. The molecule has 0 aromatic carbocycles. The highest BCUT2D eigenvalue weighted by Crippen LogP contribution is 2.15. The minimum absolute atomic E-state index is 0.214. The van der Waals surface area contributed by atoms with Crippen LogP contribution in [0.5, 0.6) is 0 Å². The molecular weight excluding hydrogens is 226 g/mol. The third-order valence-corrected chi connectivity index (χ3v) is 3.14. The van der Waals surface area contributed by atoms with Crippen LogP contribution >= 0.6 is 11.3 Å². The number of ether oxygens (including phenoxy) is 1. The summed E-state index contributed by atoms with van der Waals surface area (Å²) in [7, 11) is 0. The quantitative estimate of drug-likeness (QED) is 0.758. The zero-order chi connectivity index (χ0) is 11.5. The topological polar surface area (TPSA) is 56.5 Å². The second-order valence-corrected chi connectivity index (χ2v) is 4.33. The van der Waals surface area contributed by atoms with E-state index < -0.39 is 0 Å². The summed E-state index contributed by atoms with van der Waals surface area (Å²) >= 11 is 1.55. The third-order valence-electron chi connectivity index (χ3n) is 2.07. The van der Waals surface area contributed by atoms with Crippen LogP contribution in [-0.4, -0.2) is 27.2 Å². The Morgan fingerprint density at radius 3 is 3.00 bits per heavy atom. The van der Waals surface area contributed by atoms with Gasteiger partial charge >= 0.3 is 5.97 Å². The van der Waals surface area contributed by atoms with Crippen molar-refractivity contribution in [2.24, 2.45) is 0 Å². The summed E-state index contributed by atoms with van der Waals surface area (Å²) in [6.45, 7) is 4.25. The number of esters is 1. The molecule has 5 nitrogen and oxygen atoms in total. The number of carbonyl (C=O) groups is 1. The number of nitrogens with zero attached hydrogens (tertiary/aromatic N) is 3. The van der Waals surface area contributed by atoms with Crippen LogP contribution < -0.4 is 0 Å². The summed E-state index contributed by atoms with van der Waals surface area (Å²) in [6, 6.07) is 0. The lowest BCUT2D eigenvalue weighted by molar-refractivity contribution is -0.142. The van der Waals surface area contributed by atoms with Crippen molar-refractivity contribution in [1.82, 2.24) is 14.6 Å². The molecule has 0 bridgehead atoms. The maximum Gasteiger partial charge on any atom is 0.311 e. The van der Waals surface area contributed by atoms with E-state index in [1.165, 1.54) is 0 Å². The Bertz CT molecular complexity index is 472. The molecule has 2 rings (SSSR count). The molecule has 0 atom stereocenters. The van der Waals surface area contributed by atoms with Gasteiger partial charge < -0.3 is 4.74 Å². The summed E-state index contributed by atoms with van der Waals surface area (Å²) in [5, 5.41) is 5.37. The van der Waals surface area contributed by atoms with Gasteiger partial charge in [-0.2, -0.15) is 5.10 Å². The Kier molecular flexibility index (Phi) is 3.19. The van der Waals surface area contributed by atoms with E-state index >= 15 is 0 Å². The van der Waals surface area contributed by atoms with Gasteiger partial charge in [-0.3, -0.25) is 4.79 Å². The fraction of sp³-hybridized carbons (Fsp3) is 0.500. The van der Waals surface area contributed by atoms with Crippen molar-refractivity contribution in [1.29, 1.82) is 0 Å². The summed E-state index contributed by atoms with van der Waals surface area (Å²) in [5.41, 5.74) is 0.708. The average Bonchev–Trinajstić information content (AvgIpc) is 2.74. The second kappa shape index (κ2) is 4.61. The number of imidazole rings is 1. The number of hydrogen-bond acceptors (Lipinski definition) is 5. The van der Waals surface area contributed by atoms with Crippen molar-refractivity contribution in [2.45, 2.75) is 26.7 Å². The van der Waals surface area contributed by atoms with E-state index in [1.807, 2.05) is 0 Å². The monoisotopic (exact) mass is 239 g/mol. The van der Waals surface area contributed by atoms with Gasteiger partial charge in [-0.05, 0) is 13.3 Å². The molecule has 2 heterocycles. The summed E-state index contributed by atoms with van der Waals surface area (Å²) < 4.78 is 6.58. The van der Waals surface area contributed by atoms with Crippen LogP contribution in [0.4, 0.5) is 0 Å². The van der Waals surface area contributed by atoms with Crippen LogP contribution in [0.25, 0.3) is 4.96 Å². The highest BCUT2D eigenvalue weighted by Gasteiger charge is 2.10. The smallest absolute Gasteiger partial charge is 0.311 e. The highest BCUT2D eigenvalue weighted by atomic mass is 32.1. The standard InChI is InChI=1S/C10H13N3O2S/c1-3-8-12-13-6-7(11-10(13)16-8)5-9(14)15-4-2/h6H,3-5H2,1-2H3. The Hall–Kier alpha value is -1.43. The minimum Gasteiger partial charge on any atom is -0.466 e. The van der Waals surface area contributed by atoms with Crippen LogP contribution in [0.1, 0.15) is 24.5 Å². The fourth-order valence-corrected chi connectivity index (χ4v) is 2.21. The first kappa shape index (κ1) is 11.1. The summed E-state index contributed by atoms with van der Waals surface area (Å²) in [6.07, 6.45) is 2.90. The third kappa shape index (κ3) is 2.21. The molecule has 2 aromatic rings. The van der Waals surface area contributed by atoms with Gasteiger partial charge in [0.1, 0.15) is 5.01 Å². The molecule has 86 valence electrons. The second-order valence-electron chi connectivity index (χ2n) is 3.29. The van der Waals surface area contributed by atoms with Crippen molar-refractivity contribution in [3.63, 3.8) is 0 Å². The lowest BCUT2D eigenvalue weighted by Crippen LogP contribution is -2.07. The van der Waals surface area contributed by atoms with Crippen LogP contribution in [0.2, 0.25) is 0 Å². The molecule has 0 unspecified atom stereocenters. The van der Waals surface area contributed by atoms with Crippen molar-refractivity contribution in [2.75, 3.05) is 6.61 Å². The van der Waals surface area contributed by atoms with Crippen molar-refractivity contribution >= 4 is 22.3 Å². The molecule has 6 heteroatoms. The number of carbonyl (C=O) groups excluding carboxylic acids is 1. The molecular formula is C10H13N3O2S. The zero-order valence-corrected chi connectivity index (χ0v) is 10.1. The Morgan fingerprint density at radius 2 is 2.38 bits per heavy atom. The van der Waals surface area contributed by atoms with E-state index in [0.29, 0.717) is 12.3 Å². The van der Waals surface area contributed by atoms with Gasteiger partial charge in [0.05, 0.1) is 24.9 Å². The molecule has 0 saturated heterocycles. The van der Waals surface area contributed by atoms with E-state index in [0.717, 1.165) is 16.4 Å². The summed E-state index contributed by atoms with van der Waals surface area (Å²) in [5.74, 6) is -0.246. The summed E-state index contributed by atoms with van der Waals surface area (Å²) in [4.78, 5) is 16.4. The van der Waals surface area contributed by atoms with E-state index in [2.05, 4.69) is 17.0 Å². The maximum atomic E-state index is 11.2. The van der Waals surface area contributed by atoms with Crippen LogP contribution in [0, 0.1) is 0 Å².